The summed E-state index contributed by atoms with van der Waals surface area (Å²) in [5.74, 6) is -0.365. The average molecular weight is 398 g/mol. The summed E-state index contributed by atoms with van der Waals surface area (Å²) in [7, 11) is 1.31. The summed E-state index contributed by atoms with van der Waals surface area (Å²) >= 11 is 2.82. The Hall–Kier alpha value is -1.85. The van der Waals surface area contributed by atoms with E-state index in [4.69, 9.17) is 4.74 Å². The molecule has 1 radical (unpaired) electrons. The second-order valence-electron chi connectivity index (χ2n) is 5.59. The quantitative estimate of drug-likeness (QED) is 0.433. The molecule has 6 nitrogen and oxygen atoms in total. The third-order valence-corrected chi connectivity index (χ3v) is 4.04. The van der Waals surface area contributed by atoms with Crippen LogP contribution in [0.3, 0.4) is 0 Å². The van der Waals surface area contributed by atoms with Gasteiger partial charge in [0.05, 0.1) is 0 Å². The standard InChI is InChI=1S/C17H23N2O4Se/c1-11(2)14(15(24)18-12(3)16(20)22-4)19-17(21)23-10-13-8-6-5-7-9-13/h5-9,11-12,14H,10H2,1-4H3,(H,19,21)/t12-,14-/m0/s1. The van der Waals surface area contributed by atoms with Crippen molar-refractivity contribution in [3.8, 4) is 0 Å². The number of ether oxygens (including phenoxy) is 2. The van der Waals surface area contributed by atoms with Crippen LogP contribution in [-0.2, 0) is 20.9 Å². The second kappa shape index (κ2) is 10.1. The van der Waals surface area contributed by atoms with Crippen molar-refractivity contribution in [3.05, 3.63) is 35.9 Å². The molecule has 1 amide bonds. The number of esters is 1. The molecule has 0 aliphatic rings. The number of methoxy groups -OCH3 is 1. The maximum absolute atomic E-state index is 12.0. The van der Waals surface area contributed by atoms with Crippen molar-refractivity contribution in [2.45, 2.75) is 39.5 Å². The van der Waals surface area contributed by atoms with Gasteiger partial charge in [0.25, 0.3) is 0 Å². The van der Waals surface area contributed by atoms with E-state index in [1.165, 1.54) is 7.11 Å². The van der Waals surface area contributed by atoms with Gasteiger partial charge in [-0.3, -0.25) is 0 Å². The van der Waals surface area contributed by atoms with Gasteiger partial charge in [0.15, 0.2) is 0 Å². The molecule has 1 aromatic carbocycles. The molecule has 2 atom stereocenters. The van der Waals surface area contributed by atoms with Crippen LogP contribution in [0.5, 0.6) is 0 Å². The molecule has 0 aliphatic carbocycles. The van der Waals surface area contributed by atoms with Gasteiger partial charge in [0.1, 0.15) is 0 Å². The van der Waals surface area contributed by atoms with Crippen LogP contribution in [0.25, 0.3) is 0 Å². The van der Waals surface area contributed by atoms with Gasteiger partial charge in [-0.1, -0.05) is 0 Å². The first-order valence-corrected chi connectivity index (χ1v) is 8.50. The first-order chi connectivity index (χ1) is 11.3. The molecule has 131 valence electrons. The van der Waals surface area contributed by atoms with E-state index < -0.39 is 18.1 Å². The molecular formula is C17H23N2O4Se. The normalized spacial score (nSPS) is 14.0. The second-order valence-corrected chi connectivity index (χ2v) is 6.47. The fourth-order valence-corrected chi connectivity index (χ4v) is 2.93. The number of alkyl carbamates (subject to hydrolysis) is 1. The summed E-state index contributed by atoms with van der Waals surface area (Å²) in [6.45, 7) is 5.71. The molecule has 0 aliphatic heterocycles. The number of hydrogen-bond donors (Lipinski definition) is 1. The molecule has 1 rings (SSSR count). The third-order valence-electron chi connectivity index (χ3n) is 3.28. The molecular weight excluding hydrogens is 375 g/mol. The number of amides is 1. The average Bonchev–Trinajstić information content (AvgIpc) is 2.57. The van der Waals surface area contributed by atoms with Crippen molar-refractivity contribution in [2.75, 3.05) is 7.11 Å². The summed E-state index contributed by atoms with van der Waals surface area (Å²) in [6, 6.07) is 8.41. The van der Waals surface area contributed by atoms with E-state index in [0.717, 1.165) is 5.56 Å². The summed E-state index contributed by atoms with van der Waals surface area (Å²) in [6.07, 6.45) is -0.536. The number of benzene rings is 1. The van der Waals surface area contributed by atoms with Crippen LogP contribution in [0.2, 0.25) is 0 Å². The van der Waals surface area contributed by atoms with E-state index in [0.29, 0.717) is 4.61 Å². The SMILES string of the molecule is COC(=O)[C@H](C)N=C([Se])[C@@H](NC(=O)OCc1ccccc1)C(C)C. The van der Waals surface area contributed by atoms with Crippen LogP contribution in [-0.4, -0.2) is 51.9 Å². The third kappa shape index (κ3) is 6.72. The van der Waals surface area contributed by atoms with Gasteiger partial charge in [-0.25, -0.2) is 0 Å². The maximum atomic E-state index is 12.0. The Morgan fingerprint density at radius 2 is 1.83 bits per heavy atom. The van der Waals surface area contributed by atoms with Crippen molar-refractivity contribution in [3.63, 3.8) is 0 Å². The molecule has 0 saturated heterocycles. The van der Waals surface area contributed by atoms with Crippen molar-refractivity contribution in [1.82, 2.24) is 5.32 Å². The van der Waals surface area contributed by atoms with Gasteiger partial charge in [0, 0.05) is 0 Å². The van der Waals surface area contributed by atoms with Crippen LogP contribution in [0.1, 0.15) is 26.3 Å². The van der Waals surface area contributed by atoms with Gasteiger partial charge in [0.2, 0.25) is 0 Å². The van der Waals surface area contributed by atoms with E-state index >= 15 is 0 Å². The van der Waals surface area contributed by atoms with Gasteiger partial charge in [-0.2, -0.15) is 0 Å². The van der Waals surface area contributed by atoms with E-state index in [9.17, 15) is 9.59 Å². The van der Waals surface area contributed by atoms with Crippen molar-refractivity contribution < 1.29 is 19.1 Å². The molecule has 0 saturated carbocycles. The molecule has 0 heterocycles. The predicted octanol–water partition coefficient (Wildman–Crippen LogP) is 2.07. The number of hydrogen-bond acceptors (Lipinski definition) is 5. The fourth-order valence-electron chi connectivity index (χ4n) is 1.90. The van der Waals surface area contributed by atoms with Crippen LogP contribution < -0.4 is 5.32 Å². The van der Waals surface area contributed by atoms with Crippen LogP contribution in [0.15, 0.2) is 35.3 Å². The van der Waals surface area contributed by atoms with E-state index in [1.807, 2.05) is 44.2 Å². The van der Waals surface area contributed by atoms with Crippen LogP contribution in [0.4, 0.5) is 4.79 Å². The zero-order valence-corrected chi connectivity index (χ0v) is 16.0. The Labute approximate surface area is 150 Å². The van der Waals surface area contributed by atoms with Crippen LogP contribution in [0, 0.1) is 5.92 Å². The Balaban J connectivity index is 2.66. The Kier molecular flexibility index (Phi) is 8.50. The summed E-state index contributed by atoms with van der Waals surface area (Å²) < 4.78 is 10.4. The Morgan fingerprint density at radius 3 is 2.38 bits per heavy atom. The molecule has 7 heteroatoms. The summed E-state index contributed by atoms with van der Waals surface area (Å²) in [5, 5.41) is 2.77. The summed E-state index contributed by atoms with van der Waals surface area (Å²) in [5.41, 5.74) is 0.907. The molecule has 1 N–H and O–H groups in total. The van der Waals surface area contributed by atoms with Crippen molar-refractivity contribution in [1.29, 1.82) is 0 Å². The first-order valence-electron chi connectivity index (χ1n) is 7.64. The molecule has 0 bridgehead atoms. The van der Waals surface area contributed by atoms with E-state index in [-0.39, 0.29) is 18.6 Å². The molecule has 0 aromatic heterocycles. The number of aliphatic imine (C=N–C) groups is 1. The molecule has 24 heavy (non-hydrogen) atoms. The zero-order valence-electron chi connectivity index (χ0n) is 14.3. The minimum absolute atomic E-state index is 0.0686. The monoisotopic (exact) mass is 399 g/mol. The number of carbonyl (C=O) groups excluding carboxylic acids is 2. The topological polar surface area (TPSA) is 77.0 Å². The predicted molar refractivity (Wildman–Crippen MR) is 93.1 cm³/mol. The minimum atomic E-state index is -0.644. The van der Waals surface area contributed by atoms with Gasteiger partial charge in [-0.15, -0.1) is 0 Å². The fraction of sp³-hybridized carbons (Fsp3) is 0.471. The Morgan fingerprint density at radius 1 is 1.21 bits per heavy atom. The van der Waals surface area contributed by atoms with Gasteiger partial charge < -0.3 is 0 Å². The van der Waals surface area contributed by atoms with Gasteiger partial charge in [-0.05, 0) is 0 Å². The van der Waals surface area contributed by atoms with E-state index in [1.54, 1.807) is 6.92 Å². The first kappa shape index (κ1) is 20.2. The van der Waals surface area contributed by atoms with Crippen molar-refractivity contribution in [2.24, 2.45) is 10.9 Å². The van der Waals surface area contributed by atoms with E-state index in [2.05, 4.69) is 31.1 Å². The summed E-state index contributed by atoms with van der Waals surface area (Å²) in [4.78, 5) is 27.7. The molecule has 0 spiro atoms. The number of nitrogens with one attached hydrogen (secondary N) is 1. The number of rotatable bonds is 7. The molecule has 0 unspecified atom stereocenters. The zero-order chi connectivity index (χ0) is 18.1. The van der Waals surface area contributed by atoms with Crippen LogP contribution >= 0.6 is 0 Å². The van der Waals surface area contributed by atoms with Crippen molar-refractivity contribution >= 4 is 32.7 Å². The van der Waals surface area contributed by atoms with Gasteiger partial charge >= 0.3 is 150 Å². The molecule has 1 aromatic rings. The number of nitrogens with zero attached hydrogens (tertiary/aromatic N) is 1. The molecule has 0 fully saturated rings. The number of carbonyl (C=O) groups is 2. The Bertz CT molecular complexity index is 575.